The molecule has 16 heavy (non-hydrogen) atoms. The van der Waals surface area contributed by atoms with Gasteiger partial charge in [-0.25, -0.2) is 5.43 Å². The molecule has 0 amide bonds. The Balaban J connectivity index is 2.40. The predicted molar refractivity (Wildman–Crippen MR) is 72.3 cm³/mol. The quantitative estimate of drug-likeness (QED) is 0.643. The van der Waals surface area contributed by atoms with Gasteiger partial charge in [-0.05, 0) is 56.5 Å². The van der Waals surface area contributed by atoms with E-state index in [1.807, 2.05) is 6.07 Å². The van der Waals surface area contributed by atoms with Crippen LogP contribution in [0.2, 0.25) is 0 Å². The van der Waals surface area contributed by atoms with Crippen molar-refractivity contribution >= 4 is 43.2 Å². The minimum Gasteiger partial charge on any atom is -0.466 e. The summed E-state index contributed by atoms with van der Waals surface area (Å²) in [6, 6.07) is 3.82. The second kappa shape index (κ2) is 5.01. The highest BCUT2D eigenvalue weighted by Gasteiger charge is 2.21. The third-order valence-electron chi connectivity index (χ3n) is 2.23. The molecule has 86 valence electrons. The third kappa shape index (κ3) is 2.26. The molecule has 0 saturated heterocycles. The first-order valence-corrected chi connectivity index (χ1v) is 6.98. The van der Waals surface area contributed by atoms with Crippen molar-refractivity contribution in [3.05, 3.63) is 42.9 Å². The zero-order valence-corrected chi connectivity index (χ0v) is 12.4. The Labute approximate surface area is 114 Å². The van der Waals surface area contributed by atoms with Crippen LogP contribution in [0.15, 0.2) is 31.1 Å². The van der Waals surface area contributed by atoms with Crippen molar-refractivity contribution in [2.75, 3.05) is 0 Å². The lowest BCUT2D eigenvalue weighted by Gasteiger charge is -2.11. The number of halogens is 2. The first kappa shape index (κ1) is 12.3. The molecule has 0 bridgehead atoms. The summed E-state index contributed by atoms with van der Waals surface area (Å²) in [4.78, 5) is 1.11. The number of hydrogen-bond acceptors (Lipinski definition) is 4. The molecule has 0 aliphatic heterocycles. The van der Waals surface area contributed by atoms with E-state index in [1.165, 1.54) is 5.56 Å². The molecule has 0 radical (unpaired) electrons. The van der Waals surface area contributed by atoms with Gasteiger partial charge >= 0.3 is 0 Å². The maximum atomic E-state index is 5.58. The van der Waals surface area contributed by atoms with Gasteiger partial charge in [0.25, 0.3) is 0 Å². The monoisotopic (exact) mass is 364 g/mol. The molecule has 0 spiro atoms. The Morgan fingerprint density at radius 3 is 2.69 bits per heavy atom. The van der Waals surface area contributed by atoms with Crippen LogP contribution in [0.1, 0.15) is 22.2 Å². The lowest BCUT2D eigenvalue weighted by Crippen LogP contribution is -2.28. The van der Waals surface area contributed by atoms with Gasteiger partial charge < -0.3 is 4.42 Å². The van der Waals surface area contributed by atoms with E-state index in [2.05, 4.69) is 50.3 Å². The predicted octanol–water partition coefficient (Wildman–Crippen LogP) is 3.73. The maximum Gasteiger partial charge on any atom is 0.141 e. The van der Waals surface area contributed by atoms with Crippen molar-refractivity contribution in [1.29, 1.82) is 0 Å². The molecule has 0 aliphatic carbocycles. The molecule has 3 N–H and O–H groups in total. The van der Waals surface area contributed by atoms with E-state index in [-0.39, 0.29) is 6.04 Å². The van der Waals surface area contributed by atoms with Crippen LogP contribution in [-0.4, -0.2) is 0 Å². The van der Waals surface area contributed by atoms with Crippen LogP contribution in [0.5, 0.6) is 0 Å². The number of nitrogens with two attached hydrogens (primary N) is 1. The zero-order valence-electron chi connectivity index (χ0n) is 8.46. The van der Waals surface area contributed by atoms with Gasteiger partial charge in [0.2, 0.25) is 0 Å². The smallest absolute Gasteiger partial charge is 0.141 e. The molecule has 0 aliphatic rings. The molecule has 2 aromatic rings. The van der Waals surface area contributed by atoms with Crippen LogP contribution in [0, 0.1) is 6.92 Å². The van der Waals surface area contributed by atoms with Gasteiger partial charge in [0.05, 0.1) is 14.5 Å². The molecule has 0 saturated carbocycles. The van der Waals surface area contributed by atoms with E-state index in [4.69, 9.17) is 10.3 Å². The molecular weight excluding hydrogens is 356 g/mol. The first-order valence-electron chi connectivity index (χ1n) is 4.58. The number of hydrazine groups is 1. The second-order valence-electron chi connectivity index (χ2n) is 3.34. The summed E-state index contributed by atoms with van der Waals surface area (Å²) in [5, 5.41) is 0. The van der Waals surface area contributed by atoms with Crippen molar-refractivity contribution in [1.82, 2.24) is 5.43 Å². The van der Waals surface area contributed by atoms with E-state index in [0.29, 0.717) is 0 Å². The van der Waals surface area contributed by atoms with Crippen molar-refractivity contribution in [2.45, 2.75) is 13.0 Å². The Morgan fingerprint density at radius 1 is 1.50 bits per heavy atom. The lowest BCUT2D eigenvalue weighted by atomic mass is 10.2. The van der Waals surface area contributed by atoms with Crippen LogP contribution in [0.25, 0.3) is 0 Å². The van der Waals surface area contributed by atoms with Crippen molar-refractivity contribution in [3.8, 4) is 0 Å². The number of furan rings is 1. The number of nitrogens with one attached hydrogen (secondary N) is 1. The van der Waals surface area contributed by atoms with E-state index < -0.39 is 0 Å². The Bertz CT molecular complexity index is 475. The highest BCUT2D eigenvalue weighted by molar-refractivity contribution is 9.11. The summed E-state index contributed by atoms with van der Waals surface area (Å²) in [6.07, 6.45) is 1.64. The maximum absolute atomic E-state index is 5.58. The highest BCUT2D eigenvalue weighted by Crippen LogP contribution is 2.36. The molecular formula is C10H10Br2N2OS. The van der Waals surface area contributed by atoms with E-state index >= 15 is 0 Å². The van der Waals surface area contributed by atoms with Gasteiger partial charge in [0.1, 0.15) is 11.8 Å². The average Bonchev–Trinajstić information content (AvgIpc) is 2.78. The fourth-order valence-corrected chi connectivity index (χ4v) is 3.49. The summed E-state index contributed by atoms with van der Waals surface area (Å²) in [5.41, 5.74) is 3.97. The standard InChI is InChI=1S/C10H10Br2N2OS/c1-5-4-7(16-10(5)12)8(14-13)9-6(11)2-3-15-9/h2-4,8,14H,13H2,1H3. The van der Waals surface area contributed by atoms with Gasteiger partial charge in [-0.2, -0.15) is 0 Å². The second-order valence-corrected chi connectivity index (χ2v) is 6.59. The Kier molecular flexibility index (Phi) is 3.86. The number of hydrogen-bond donors (Lipinski definition) is 2. The molecule has 1 atom stereocenters. The van der Waals surface area contributed by atoms with E-state index in [0.717, 1.165) is 18.9 Å². The summed E-state index contributed by atoms with van der Waals surface area (Å²) in [7, 11) is 0. The van der Waals surface area contributed by atoms with Crippen LogP contribution < -0.4 is 11.3 Å². The zero-order chi connectivity index (χ0) is 11.7. The minimum atomic E-state index is -0.126. The molecule has 0 aromatic carbocycles. The first-order chi connectivity index (χ1) is 7.63. The molecule has 6 heteroatoms. The minimum absolute atomic E-state index is 0.126. The van der Waals surface area contributed by atoms with Crippen molar-refractivity contribution in [2.24, 2.45) is 5.84 Å². The number of thiophene rings is 1. The van der Waals surface area contributed by atoms with Gasteiger partial charge in [-0.15, -0.1) is 11.3 Å². The van der Waals surface area contributed by atoms with Gasteiger partial charge in [0, 0.05) is 4.88 Å². The van der Waals surface area contributed by atoms with Crippen molar-refractivity contribution in [3.63, 3.8) is 0 Å². The van der Waals surface area contributed by atoms with Crippen LogP contribution >= 0.6 is 43.2 Å². The van der Waals surface area contributed by atoms with E-state index in [1.54, 1.807) is 17.6 Å². The summed E-state index contributed by atoms with van der Waals surface area (Å²) < 4.78 is 7.45. The summed E-state index contributed by atoms with van der Waals surface area (Å²) in [5.74, 6) is 6.37. The average molecular weight is 366 g/mol. The van der Waals surface area contributed by atoms with Crippen molar-refractivity contribution < 1.29 is 4.42 Å². The Morgan fingerprint density at radius 2 is 2.25 bits per heavy atom. The van der Waals surface area contributed by atoms with Gasteiger partial charge in [-0.1, -0.05) is 0 Å². The van der Waals surface area contributed by atoms with Gasteiger partial charge in [-0.3, -0.25) is 5.84 Å². The number of aryl methyl sites for hydroxylation is 1. The Hall–Kier alpha value is -0.140. The SMILES string of the molecule is Cc1cc(C(NN)c2occc2Br)sc1Br. The third-order valence-corrected chi connectivity index (χ3v) is 5.09. The number of rotatable bonds is 3. The summed E-state index contributed by atoms with van der Waals surface area (Å²) >= 11 is 8.58. The fraction of sp³-hybridized carbons (Fsp3) is 0.200. The molecule has 2 rings (SSSR count). The van der Waals surface area contributed by atoms with Gasteiger partial charge in [0.15, 0.2) is 0 Å². The molecule has 1 unspecified atom stereocenters. The topological polar surface area (TPSA) is 51.2 Å². The van der Waals surface area contributed by atoms with Crippen LogP contribution in [0.4, 0.5) is 0 Å². The lowest BCUT2D eigenvalue weighted by molar-refractivity contribution is 0.453. The fourth-order valence-electron chi connectivity index (χ4n) is 1.42. The molecule has 3 nitrogen and oxygen atoms in total. The van der Waals surface area contributed by atoms with Crippen LogP contribution in [0.3, 0.4) is 0 Å². The van der Waals surface area contributed by atoms with Crippen LogP contribution in [-0.2, 0) is 0 Å². The summed E-state index contributed by atoms with van der Waals surface area (Å²) in [6.45, 7) is 2.05. The molecule has 2 heterocycles. The van der Waals surface area contributed by atoms with E-state index in [9.17, 15) is 0 Å². The molecule has 2 aromatic heterocycles. The normalized spacial score (nSPS) is 13.0. The highest BCUT2D eigenvalue weighted by atomic mass is 79.9. The molecule has 0 fully saturated rings. The largest absolute Gasteiger partial charge is 0.466 e.